The van der Waals surface area contributed by atoms with Gasteiger partial charge >= 0.3 is 0 Å². The first-order chi connectivity index (χ1) is 11.5. The van der Waals surface area contributed by atoms with Crippen LogP contribution in [0.1, 0.15) is 30.6 Å². The molecule has 1 atom stereocenters. The third-order valence-corrected chi connectivity index (χ3v) is 4.65. The summed E-state index contributed by atoms with van der Waals surface area (Å²) in [5, 5.41) is 9.78. The van der Waals surface area contributed by atoms with Gasteiger partial charge in [0.05, 0.1) is 12.1 Å². The first kappa shape index (κ1) is 19.0. The van der Waals surface area contributed by atoms with E-state index < -0.39 is 0 Å². The third-order valence-electron chi connectivity index (χ3n) is 4.35. The number of ether oxygens (including phenoxy) is 1. The van der Waals surface area contributed by atoms with Crippen molar-refractivity contribution in [1.29, 1.82) is 0 Å². The maximum atomic E-state index is 12.8. The molecule has 1 aliphatic rings. The number of carbonyl (C=O) groups is 1. The maximum absolute atomic E-state index is 12.8. The zero-order valence-corrected chi connectivity index (χ0v) is 15.4. The van der Waals surface area contributed by atoms with Crippen LogP contribution in [-0.4, -0.2) is 66.8 Å². The fraction of sp³-hybridized carbons (Fsp3) is 0.611. The van der Waals surface area contributed by atoms with E-state index in [4.69, 9.17) is 16.3 Å². The monoisotopic (exact) mass is 354 g/mol. The van der Waals surface area contributed by atoms with E-state index in [2.05, 4.69) is 18.7 Å². The van der Waals surface area contributed by atoms with Crippen LogP contribution in [0.25, 0.3) is 0 Å². The van der Waals surface area contributed by atoms with E-state index in [0.717, 1.165) is 13.1 Å². The summed E-state index contributed by atoms with van der Waals surface area (Å²) in [6.45, 7) is 7.65. The molecule has 0 aromatic heterocycles. The van der Waals surface area contributed by atoms with Gasteiger partial charge in [0.25, 0.3) is 5.91 Å². The fourth-order valence-electron chi connectivity index (χ4n) is 3.19. The molecule has 1 heterocycles. The summed E-state index contributed by atoms with van der Waals surface area (Å²) in [7, 11) is 1.55. The summed E-state index contributed by atoms with van der Waals surface area (Å²) in [4.78, 5) is 17.0. The molecule has 1 N–H and O–H groups in total. The Kier molecular flexibility index (Phi) is 6.90. The number of amides is 1. The predicted molar refractivity (Wildman–Crippen MR) is 95.8 cm³/mol. The molecule has 0 saturated carbocycles. The normalized spacial score (nSPS) is 18.9. The lowest BCUT2D eigenvalue weighted by molar-refractivity contribution is 0.0384. The topological polar surface area (TPSA) is 53.0 Å². The number of rotatable bonds is 6. The number of halogens is 1. The molecule has 6 heteroatoms. The third kappa shape index (κ3) is 4.62. The van der Waals surface area contributed by atoms with Crippen LogP contribution < -0.4 is 4.74 Å². The SMILES string of the molecule is COc1ccc(C(=O)N2CCN(CC(C)C)C(CCO)C2)cc1Cl. The second-order valence-electron chi connectivity index (χ2n) is 6.66. The molecule has 0 bridgehead atoms. The highest BCUT2D eigenvalue weighted by atomic mass is 35.5. The molecular formula is C18H27ClN2O3. The minimum Gasteiger partial charge on any atom is -0.495 e. The Labute approximate surface area is 149 Å². The van der Waals surface area contributed by atoms with Gasteiger partial charge in [-0.1, -0.05) is 25.4 Å². The number of methoxy groups -OCH3 is 1. The van der Waals surface area contributed by atoms with E-state index in [1.807, 2.05) is 4.90 Å². The summed E-state index contributed by atoms with van der Waals surface area (Å²) >= 11 is 6.13. The van der Waals surface area contributed by atoms with Crippen LogP contribution in [0.5, 0.6) is 5.75 Å². The van der Waals surface area contributed by atoms with Gasteiger partial charge in [0.15, 0.2) is 0 Å². The second kappa shape index (κ2) is 8.70. The van der Waals surface area contributed by atoms with Gasteiger partial charge in [-0.15, -0.1) is 0 Å². The summed E-state index contributed by atoms with van der Waals surface area (Å²) in [5.74, 6) is 1.11. The molecule has 1 aromatic rings. The molecule has 2 rings (SSSR count). The van der Waals surface area contributed by atoms with E-state index in [1.54, 1.807) is 25.3 Å². The summed E-state index contributed by atoms with van der Waals surface area (Å²) in [5.41, 5.74) is 0.570. The quantitative estimate of drug-likeness (QED) is 0.852. The highest BCUT2D eigenvalue weighted by Crippen LogP contribution is 2.26. The van der Waals surface area contributed by atoms with Crippen molar-refractivity contribution >= 4 is 17.5 Å². The average Bonchev–Trinajstić information content (AvgIpc) is 2.55. The fourth-order valence-corrected chi connectivity index (χ4v) is 3.45. The van der Waals surface area contributed by atoms with Crippen LogP contribution >= 0.6 is 11.6 Å². The van der Waals surface area contributed by atoms with E-state index in [0.29, 0.717) is 41.8 Å². The molecule has 1 amide bonds. The Balaban J connectivity index is 2.09. The van der Waals surface area contributed by atoms with Gasteiger partial charge in [0.2, 0.25) is 0 Å². The van der Waals surface area contributed by atoms with Gasteiger partial charge in [-0.2, -0.15) is 0 Å². The van der Waals surface area contributed by atoms with E-state index in [9.17, 15) is 9.90 Å². The summed E-state index contributed by atoms with van der Waals surface area (Å²) in [6, 6.07) is 5.32. The number of carbonyl (C=O) groups excluding carboxylic acids is 1. The number of benzene rings is 1. The standard InChI is InChI=1S/C18H27ClN2O3/c1-13(2)11-20-7-8-21(12-15(20)6-9-22)18(23)14-4-5-17(24-3)16(19)10-14/h4-5,10,13,15,22H,6-9,11-12H2,1-3H3. The van der Waals surface area contributed by atoms with Crippen molar-refractivity contribution in [3.05, 3.63) is 28.8 Å². The molecule has 1 saturated heterocycles. The lowest BCUT2D eigenvalue weighted by Gasteiger charge is -2.42. The Hall–Kier alpha value is -1.30. The van der Waals surface area contributed by atoms with Gasteiger partial charge < -0.3 is 14.7 Å². The molecule has 134 valence electrons. The number of aliphatic hydroxyl groups is 1. The Bertz CT molecular complexity index is 565. The largest absolute Gasteiger partial charge is 0.495 e. The van der Waals surface area contributed by atoms with Crippen molar-refractivity contribution in [1.82, 2.24) is 9.80 Å². The highest BCUT2D eigenvalue weighted by molar-refractivity contribution is 6.32. The number of piperazine rings is 1. The number of hydrogen-bond donors (Lipinski definition) is 1. The minimum absolute atomic E-state index is 0.0216. The Morgan fingerprint density at radius 2 is 2.17 bits per heavy atom. The van der Waals surface area contributed by atoms with Crippen molar-refractivity contribution in [2.24, 2.45) is 5.92 Å². The van der Waals surface area contributed by atoms with Gasteiger partial charge in [-0.05, 0) is 30.5 Å². The van der Waals surface area contributed by atoms with E-state index in [-0.39, 0.29) is 18.6 Å². The van der Waals surface area contributed by atoms with E-state index >= 15 is 0 Å². The number of aliphatic hydroxyl groups excluding tert-OH is 1. The van der Waals surface area contributed by atoms with Crippen molar-refractivity contribution in [3.63, 3.8) is 0 Å². The van der Waals surface area contributed by atoms with Crippen molar-refractivity contribution in [2.45, 2.75) is 26.3 Å². The minimum atomic E-state index is -0.0216. The molecular weight excluding hydrogens is 328 g/mol. The average molecular weight is 355 g/mol. The van der Waals surface area contributed by atoms with Crippen molar-refractivity contribution in [3.8, 4) is 5.75 Å². The van der Waals surface area contributed by atoms with Gasteiger partial charge in [-0.25, -0.2) is 0 Å². The summed E-state index contributed by atoms with van der Waals surface area (Å²) < 4.78 is 5.13. The van der Waals surface area contributed by atoms with Crippen LogP contribution in [0.3, 0.4) is 0 Å². The lowest BCUT2D eigenvalue weighted by atomic mass is 10.0. The van der Waals surface area contributed by atoms with Crippen molar-refractivity contribution in [2.75, 3.05) is 39.9 Å². The molecule has 1 unspecified atom stereocenters. The number of hydrogen-bond acceptors (Lipinski definition) is 4. The first-order valence-electron chi connectivity index (χ1n) is 8.44. The Morgan fingerprint density at radius 3 is 2.75 bits per heavy atom. The summed E-state index contributed by atoms with van der Waals surface area (Å²) in [6.07, 6.45) is 0.680. The Morgan fingerprint density at radius 1 is 1.42 bits per heavy atom. The van der Waals surface area contributed by atoms with Crippen LogP contribution in [0.4, 0.5) is 0 Å². The molecule has 1 aromatic carbocycles. The molecule has 0 aliphatic carbocycles. The van der Waals surface area contributed by atoms with Crippen molar-refractivity contribution < 1.29 is 14.6 Å². The molecule has 1 fully saturated rings. The zero-order chi connectivity index (χ0) is 17.7. The number of nitrogens with zero attached hydrogens (tertiary/aromatic N) is 2. The van der Waals surface area contributed by atoms with Crippen LogP contribution in [-0.2, 0) is 0 Å². The maximum Gasteiger partial charge on any atom is 0.254 e. The van der Waals surface area contributed by atoms with Crippen LogP contribution in [0, 0.1) is 5.92 Å². The first-order valence-corrected chi connectivity index (χ1v) is 8.81. The second-order valence-corrected chi connectivity index (χ2v) is 7.06. The van der Waals surface area contributed by atoms with Crippen LogP contribution in [0.15, 0.2) is 18.2 Å². The van der Waals surface area contributed by atoms with E-state index in [1.165, 1.54) is 0 Å². The molecule has 24 heavy (non-hydrogen) atoms. The molecule has 0 radical (unpaired) electrons. The van der Waals surface area contributed by atoms with Gasteiger partial charge in [0, 0.05) is 44.4 Å². The molecule has 5 nitrogen and oxygen atoms in total. The molecule has 0 spiro atoms. The van der Waals surface area contributed by atoms with Gasteiger partial charge in [0.1, 0.15) is 5.75 Å². The van der Waals surface area contributed by atoms with Crippen LogP contribution in [0.2, 0.25) is 5.02 Å². The van der Waals surface area contributed by atoms with Gasteiger partial charge in [-0.3, -0.25) is 9.69 Å². The zero-order valence-electron chi connectivity index (χ0n) is 14.7. The predicted octanol–water partition coefficient (Wildman–Crippen LogP) is 2.51. The highest BCUT2D eigenvalue weighted by Gasteiger charge is 2.30. The lowest BCUT2D eigenvalue weighted by Crippen LogP contribution is -2.55. The molecule has 1 aliphatic heterocycles. The smallest absolute Gasteiger partial charge is 0.254 e.